The van der Waals surface area contributed by atoms with E-state index in [1.165, 1.54) is 16.7 Å². The number of ether oxygens (including phenoxy) is 1. The molecule has 1 aromatic rings. The molecule has 114 valence electrons. The van der Waals surface area contributed by atoms with Crippen molar-refractivity contribution >= 4 is 23.6 Å². The first-order chi connectivity index (χ1) is 10.0. The smallest absolute Gasteiger partial charge is 0.327 e. The summed E-state index contributed by atoms with van der Waals surface area (Å²) in [5, 5.41) is 9.10. The number of nitrogens with zero attached hydrogens (tertiary/aromatic N) is 1. The molecule has 5 nitrogen and oxygen atoms in total. The van der Waals surface area contributed by atoms with Gasteiger partial charge >= 0.3 is 5.97 Å². The van der Waals surface area contributed by atoms with Crippen LogP contribution in [0.5, 0.6) is 5.75 Å². The summed E-state index contributed by atoms with van der Waals surface area (Å²) in [7, 11) is 0. The summed E-state index contributed by atoms with van der Waals surface area (Å²) in [6.45, 7) is 3.70. The van der Waals surface area contributed by atoms with Gasteiger partial charge in [-0.25, -0.2) is 4.79 Å². The highest BCUT2D eigenvalue weighted by Gasteiger charge is 2.42. The van der Waals surface area contributed by atoms with Crippen LogP contribution in [-0.2, 0) is 9.59 Å². The number of carbonyl (C=O) groups excluding carboxylic acids is 1. The molecule has 1 aliphatic heterocycles. The van der Waals surface area contributed by atoms with Gasteiger partial charge < -0.3 is 14.7 Å². The molecule has 0 bridgehead atoms. The van der Waals surface area contributed by atoms with Crippen LogP contribution in [0.2, 0.25) is 0 Å². The second-order valence-electron chi connectivity index (χ2n) is 4.86. The number of carboxylic acid groups (broad SMARTS) is 1. The topological polar surface area (TPSA) is 66.8 Å². The van der Waals surface area contributed by atoms with E-state index >= 15 is 0 Å². The third-order valence-electron chi connectivity index (χ3n) is 3.43. The van der Waals surface area contributed by atoms with Crippen molar-refractivity contribution in [1.29, 1.82) is 0 Å². The highest BCUT2D eigenvalue weighted by molar-refractivity contribution is 8.00. The van der Waals surface area contributed by atoms with Gasteiger partial charge in [0, 0.05) is 5.75 Å². The van der Waals surface area contributed by atoms with E-state index in [-0.39, 0.29) is 11.3 Å². The fraction of sp³-hybridized carbons (Fsp3) is 0.467. The van der Waals surface area contributed by atoms with Crippen molar-refractivity contribution in [3.63, 3.8) is 0 Å². The predicted molar refractivity (Wildman–Crippen MR) is 81.3 cm³/mol. The van der Waals surface area contributed by atoms with Crippen molar-refractivity contribution in [2.24, 2.45) is 0 Å². The lowest BCUT2D eigenvalue weighted by Gasteiger charge is -2.29. The molecule has 1 aliphatic rings. The van der Waals surface area contributed by atoms with Crippen LogP contribution in [0.15, 0.2) is 30.3 Å². The Bertz CT molecular complexity index is 508. The molecular formula is C15H19NO4S. The lowest BCUT2D eigenvalue weighted by Crippen LogP contribution is -2.50. The summed E-state index contributed by atoms with van der Waals surface area (Å²) in [5.74, 6) is -0.186. The Morgan fingerprint density at radius 2 is 2.10 bits per heavy atom. The normalized spacial score (nSPS) is 22.9. The number of para-hydroxylation sites is 1. The van der Waals surface area contributed by atoms with Gasteiger partial charge in [0.15, 0.2) is 6.10 Å². The molecule has 6 heteroatoms. The molecule has 3 unspecified atom stereocenters. The third-order valence-corrected chi connectivity index (χ3v) is 4.65. The van der Waals surface area contributed by atoms with Crippen molar-refractivity contribution in [1.82, 2.24) is 4.90 Å². The summed E-state index contributed by atoms with van der Waals surface area (Å²) in [5.41, 5.74) is 0. The zero-order chi connectivity index (χ0) is 15.4. The lowest BCUT2D eigenvalue weighted by atomic mass is 10.2. The number of thioether (sulfide) groups is 1. The molecule has 2 rings (SSSR count). The Morgan fingerprint density at radius 3 is 2.67 bits per heavy atom. The number of hydrogen-bond acceptors (Lipinski definition) is 4. The molecule has 1 amide bonds. The summed E-state index contributed by atoms with van der Waals surface area (Å²) in [6, 6.07) is 8.34. The molecule has 0 spiro atoms. The Hall–Kier alpha value is -1.69. The minimum Gasteiger partial charge on any atom is -0.481 e. The molecule has 0 saturated carbocycles. The highest BCUT2D eigenvalue weighted by Crippen LogP contribution is 2.30. The second-order valence-corrected chi connectivity index (χ2v) is 6.21. The SMILES string of the molecule is CCC(Oc1ccccc1)C(=O)N1C(C)SCC1C(=O)O. The van der Waals surface area contributed by atoms with Gasteiger partial charge in [-0.05, 0) is 25.5 Å². The van der Waals surface area contributed by atoms with Crippen molar-refractivity contribution in [3.8, 4) is 5.75 Å². The summed E-state index contributed by atoms with van der Waals surface area (Å²) in [4.78, 5) is 25.3. The van der Waals surface area contributed by atoms with Gasteiger partial charge in [-0.2, -0.15) is 0 Å². The maximum absolute atomic E-state index is 12.6. The number of aliphatic carboxylic acids is 1. The molecule has 3 atom stereocenters. The average Bonchev–Trinajstić information content (AvgIpc) is 2.87. The highest BCUT2D eigenvalue weighted by atomic mass is 32.2. The van der Waals surface area contributed by atoms with E-state index in [1.807, 2.05) is 32.0 Å². The van der Waals surface area contributed by atoms with Gasteiger partial charge in [0.05, 0.1) is 5.37 Å². The van der Waals surface area contributed by atoms with Crippen molar-refractivity contribution in [2.45, 2.75) is 37.8 Å². The quantitative estimate of drug-likeness (QED) is 0.903. The number of carbonyl (C=O) groups is 2. The Morgan fingerprint density at radius 1 is 1.43 bits per heavy atom. The molecule has 1 saturated heterocycles. The van der Waals surface area contributed by atoms with Crippen LogP contribution in [0, 0.1) is 0 Å². The molecule has 0 aliphatic carbocycles. The van der Waals surface area contributed by atoms with Gasteiger partial charge in [-0.15, -0.1) is 11.8 Å². The van der Waals surface area contributed by atoms with E-state index in [2.05, 4.69) is 0 Å². The van der Waals surface area contributed by atoms with Crippen LogP contribution >= 0.6 is 11.8 Å². The molecule has 1 fully saturated rings. The number of rotatable bonds is 5. The fourth-order valence-corrected chi connectivity index (χ4v) is 3.48. The average molecular weight is 309 g/mol. The predicted octanol–water partition coefficient (Wildman–Crippen LogP) is 2.22. The zero-order valence-electron chi connectivity index (χ0n) is 12.1. The van der Waals surface area contributed by atoms with E-state index in [1.54, 1.807) is 12.1 Å². The molecule has 0 radical (unpaired) electrons. The molecule has 1 heterocycles. The molecule has 21 heavy (non-hydrogen) atoms. The van der Waals surface area contributed by atoms with Gasteiger partial charge in [0.1, 0.15) is 11.8 Å². The standard InChI is InChI=1S/C15H19NO4S/c1-3-13(20-11-7-5-4-6-8-11)14(17)16-10(2)21-9-12(16)15(18)19/h4-8,10,12-13H,3,9H2,1-2H3,(H,18,19). The van der Waals surface area contributed by atoms with E-state index in [0.29, 0.717) is 17.9 Å². The monoisotopic (exact) mass is 309 g/mol. The number of benzene rings is 1. The molecule has 1 aromatic carbocycles. The second kappa shape index (κ2) is 6.85. The summed E-state index contributed by atoms with van der Waals surface area (Å²) in [6.07, 6.45) is -0.163. The Balaban J connectivity index is 2.13. The van der Waals surface area contributed by atoms with Gasteiger partial charge in [0.2, 0.25) is 0 Å². The maximum Gasteiger partial charge on any atom is 0.327 e. The minimum atomic E-state index is -0.963. The van der Waals surface area contributed by atoms with E-state index in [4.69, 9.17) is 4.74 Å². The van der Waals surface area contributed by atoms with Crippen LogP contribution < -0.4 is 4.74 Å². The minimum absolute atomic E-state index is 0.146. The first-order valence-electron chi connectivity index (χ1n) is 6.93. The van der Waals surface area contributed by atoms with Crippen LogP contribution in [0.4, 0.5) is 0 Å². The van der Waals surface area contributed by atoms with Crippen LogP contribution in [0.3, 0.4) is 0 Å². The van der Waals surface area contributed by atoms with Gasteiger partial charge in [0.25, 0.3) is 5.91 Å². The van der Waals surface area contributed by atoms with Crippen molar-refractivity contribution in [3.05, 3.63) is 30.3 Å². The van der Waals surface area contributed by atoms with Crippen LogP contribution in [-0.4, -0.2) is 45.2 Å². The largest absolute Gasteiger partial charge is 0.481 e. The maximum atomic E-state index is 12.6. The number of amides is 1. The van der Waals surface area contributed by atoms with Crippen molar-refractivity contribution in [2.75, 3.05) is 5.75 Å². The van der Waals surface area contributed by atoms with E-state index in [0.717, 1.165) is 0 Å². The zero-order valence-corrected chi connectivity index (χ0v) is 12.9. The molecular weight excluding hydrogens is 290 g/mol. The first-order valence-corrected chi connectivity index (χ1v) is 7.97. The number of hydrogen-bond donors (Lipinski definition) is 1. The summed E-state index contributed by atoms with van der Waals surface area (Å²) >= 11 is 1.47. The molecule has 0 aromatic heterocycles. The lowest BCUT2D eigenvalue weighted by molar-refractivity contribution is -0.152. The van der Waals surface area contributed by atoms with E-state index in [9.17, 15) is 14.7 Å². The third kappa shape index (κ3) is 3.50. The van der Waals surface area contributed by atoms with Gasteiger partial charge in [-0.1, -0.05) is 25.1 Å². The number of carboxylic acids is 1. The van der Waals surface area contributed by atoms with Crippen molar-refractivity contribution < 1.29 is 19.4 Å². The summed E-state index contributed by atoms with van der Waals surface area (Å²) < 4.78 is 5.72. The van der Waals surface area contributed by atoms with Gasteiger partial charge in [-0.3, -0.25) is 4.79 Å². The van der Waals surface area contributed by atoms with Crippen LogP contribution in [0.1, 0.15) is 20.3 Å². The van der Waals surface area contributed by atoms with E-state index < -0.39 is 18.1 Å². The Labute approximate surface area is 128 Å². The fourth-order valence-electron chi connectivity index (χ4n) is 2.31. The Kier molecular flexibility index (Phi) is 5.12. The van der Waals surface area contributed by atoms with Crippen LogP contribution in [0.25, 0.3) is 0 Å². The first kappa shape index (κ1) is 15.7. The molecule has 1 N–H and O–H groups in total.